The molecule has 1 heterocycles. The second-order valence-corrected chi connectivity index (χ2v) is 5.20. The molecule has 0 saturated heterocycles. The zero-order chi connectivity index (χ0) is 15.4. The zero-order valence-electron chi connectivity index (χ0n) is 12.3. The van der Waals surface area contributed by atoms with Gasteiger partial charge in [0.25, 0.3) is 0 Å². The van der Waals surface area contributed by atoms with Crippen molar-refractivity contribution in [2.75, 3.05) is 7.11 Å². The Morgan fingerprint density at radius 1 is 1.24 bits per heavy atom. The smallest absolute Gasteiger partial charge is 0.224 e. The average Bonchev–Trinajstić information content (AvgIpc) is 2.44. The third kappa shape index (κ3) is 3.70. The van der Waals surface area contributed by atoms with Crippen LogP contribution in [0.25, 0.3) is 0 Å². The number of pyridine rings is 1. The van der Waals surface area contributed by atoms with Crippen molar-refractivity contribution < 1.29 is 9.47 Å². The van der Waals surface area contributed by atoms with E-state index in [9.17, 15) is 0 Å². The summed E-state index contributed by atoms with van der Waals surface area (Å²) in [6, 6.07) is 9.61. The van der Waals surface area contributed by atoms with Crippen LogP contribution in [0, 0.1) is 13.8 Å². The van der Waals surface area contributed by atoms with E-state index in [-0.39, 0.29) is 0 Å². The van der Waals surface area contributed by atoms with Gasteiger partial charge in [-0.05, 0) is 43.2 Å². The van der Waals surface area contributed by atoms with Gasteiger partial charge in [-0.15, -0.1) is 0 Å². The lowest BCUT2D eigenvalue weighted by molar-refractivity contribution is 0.292. The predicted molar refractivity (Wildman–Crippen MR) is 86.9 cm³/mol. The zero-order valence-corrected chi connectivity index (χ0v) is 13.2. The van der Waals surface area contributed by atoms with Crippen molar-refractivity contribution in [1.29, 1.82) is 0 Å². The Hall–Kier alpha value is -2.14. The second-order valence-electron chi connectivity index (χ2n) is 4.76. The van der Waals surface area contributed by atoms with E-state index in [1.807, 2.05) is 44.2 Å². The van der Waals surface area contributed by atoms with E-state index in [1.54, 1.807) is 7.11 Å². The van der Waals surface area contributed by atoms with E-state index < -0.39 is 0 Å². The van der Waals surface area contributed by atoms with Crippen molar-refractivity contribution in [2.45, 2.75) is 20.5 Å². The van der Waals surface area contributed by atoms with Gasteiger partial charge >= 0.3 is 0 Å². The first kappa shape index (κ1) is 15.3. The van der Waals surface area contributed by atoms with E-state index in [0.717, 1.165) is 22.6 Å². The van der Waals surface area contributed by atoms with Crippen molar-refractivity contribution in [3.05, 3.63) is 52.7 Å². The molecule has 0 amide bonds. The van der Waals surface area contributed by atoms with Crippen molar-refractivity contribution in [3.63, 3.8) is 0 Å². The van der Waals surface area contributed by atoms with Crippen LogP contribution in [0.15, 0.2) is 30.3 Å². The van der Waals surface area contributed by atoms with Gasteiger partial charge in [-0.25, -0.2) is 4.98 Å². The number of methoxy groups -OCH3 is 1. The van der Waals surface area contributed by atoms with Crippen LogP contribution in [-0.4, -0.2) is 17.1 Å². The molecule has 5 heteroatoms. The molecule has 0 aliphatic heterocycles. The Kier molecular flexibility index (Phi) is 4.75. The number of hydrogen-bond acceptors (Lipinski definition) is 4. The van der Waals surface area contributed by atoms with Crippen LogP contribution in [0.2, 0.25) is 0 Å². The standard InChI is InChI=1S/C16H18N2O2S/c1-10-8-11(2)18-16(14(10)15(17)21)20-9-12-4-6-13(19-3)7-5-12/h4-8H,9H2,1-3H3,(H2,17,21). The van der Waals surface area contributed by atoms with E-state index in [2.05, 4.69) is 4.98 Å². The van der Waals surface area contributed by atoms with Gasteiger partial charge < -0.3 is 15.2 Å². The minimum Gasteiger partial charge on any atom is -0.497 e. The van der Waals surface area contributed by atoms with E-state index in [4.69, 9.17) is 27.4 Å². The fourth-order valence-electron chi connectivity index (χ4n) is 2.08. The van der Waals surface area contributed by atoms with Crippen LogP contribution >= 0.6 is 12.2 Å². The number of nitrogens with zero attached hydrogens (tertiary/aromatic N) is 1. The SMILES string of the molecule is COc1ccc(COc2nc(C)cc(C)c2C(N)=S)cc1. The summed E-state index contributed by atoms with van der Waals surface area (Å²) in [7, 11) is 1.64. The average molecular weight is 302 g/mol. The third-order valence-electron chi connectivity index (χ3n) is 3.09. The first-order chi connectivity index (χ1) is 10.0. The summed E-state index contributed by atoms with van der Waals surface area (Å²) < 4.78 is 10.9. The summed E-state index contributed by atoms with van der Waals surface area (Å²) in [5.74, 6) is 1.29. The molecule has 110 valence electrons. The van der Waals surface area contributed by atoms with Gasteiger partial charge in [0.15, 0.2) is 0 Å². The second kappa shape index (κ2) is 6.54. The highest BCUT2D eigenvalue weighted by Crippen LogP contribution is 2.22. The van der Waals surface area contributed by atoms with Crippen molar-refractivity contribution in [2.24, 2.45) is 5.73 Å². The number of thiocarbonyl (C=S) groups is 1. The lowest BCUT2D eigenvalue weighted by Gasteiger charge is -2.13. The van der Waals surface area contributed by atoms with E-state index in [0.29, 0.717) is 23.0 Å². The largest absolute Gasteiger partial charge is 0.497 e. The predicted octanol–water partition coefficient (Wildman–Crippen LogP) is 2.92. The topological polar surface area (TPSA) is 57.4 Å². The fraction of sp³-hybridized carbons (Fsp3) is 0.250. The van der Waals surface area contributed by atoms with Gasteiger partial charge in [0.2, 0.25) is 5.88 Å². The number of hydrogen-bond donors (Lipinski definition) is 1. The third-order valence-corrected chi connectivity index (χ3v) is 3.30. The molecule has 21 heavy (non-hydrogen) atoms. The molecule has 0 bridgehead atoms. The van der Waals surface area contributed by atoms with Gasteiger partial charge in [-0.1, -0.05) is 24.4 Å². The van der Waals surface area contributed by atoms with Crippen LogP contribution in [0.4, 0.5) is 0 Å². The highest BCUT2D eigenvalue weighted by atomic mass is 32.1. The molecule has 0 radical (unpaired) electrons. The van der Waals surface area contributed by atoms with Crippen molar-refractivity contribution in [1.82, 2.24) is 4.98 Å². The van der Waals surface area contributed by atoms with Crippen molar-refractivity contribution >= 4 is 17.2 Å². The van der Waals surface area contributed by atoms with Crippen LogP contribution in [-0.2, 0) is 6.61 Å². The lowest BCUT2D eigenvalue weighted by atomic mass is 10.1. The fourth-order valence-corrected chi connectivity index (χ4v) is 2.33. The summed E-state index contributed by atoms with van der Waals surface area (Å²) in [5.41, 5.74) is 9.33. The maximum absolute atomic E-state index is 5.80. The Balaban J connectivity index is 2.20. The molecule has 1 aromatic heterocycles. The number of rotatable bonds is 5. The Morgan fingerprint density at radius 2 is 1.90 bits per heavy atom. The number of aryl methyl sites for hydroxylation is 2. The summed E-state index contributed by atoms with van der Waals surface area (Å²) in [6.45, 7) is 4.26. The van der Waals surface area contributed by atoms with Gasteiger partial charge in [-0.2, -0.15) is 0 Å². The minimum absolute atomic E-state index is 0.296. The normalized spacial score (nSPS) is 10.2. The number of nitrogens with two attached hydrogens (primary N) is 1. The summed E-state index contributed by atoms with van der Waals surface area (Å²) >= 11 is 5.09. The lowest BCUT2D eigenvalue weighted by Crippen LogP contribution is -2.15. The molecular formula is C16H18N2O2S. The molecule has 0 atom stereocenters. The highest BCUT2D eigenvalue weighted by molar-refractivity contribution is 7.80. The van der Waals surface area contributed by atoms with Crippen LogP contribution < -0.4 is 15.2 Å². The summed E-state index contributed by atoms with van der Waals surface area (Å²) in [4.78, 5) is 4.69. The van der Waals surface area contributed by atoms with Crippen LogP contribution in [0.1, 0.15) is 22.4 Å². The molecule has 1 aromatic carbocycles. The molecule has 2 N–H and O–H groups in total. The molecule has 0 aliphatic carbocycles. The van der Waals surface area contributed by atoms with Crippen LogP contribution in [0.3, 0.4) is 0 Å². The number of benzene rings is 1. The Labute approximate surface area is 129 Å². The molecular weight excluding hydrogens is 284 g/mol. The van der Waals surface area contributed by atoms with Gasteiger partial charge in [-0.3, -0.25) is 0 Å². The molecule has 0 spiro atoms. The first-order valence-electron chi connectivity index (χ1n) is 6.55. The van der Waals surface area contributed by atoms with Crippen molar-refractivity contribution in [3.8, 4) is 11.6 Å². The van der Waals surface area contributed by atoms with Gasteiger partial charge in [0.05, 0.1) is 12.7 Å². The maximum atomic E-state index is 5.80. The molecule has 0 aliphatic rings. The number of aromatic nitrogens is 1. The number of ether oxygens (including phenoxy) is 2. The minimum atomic E-state index is 0.296. The summed E-state index contributed by atoms with van der Waals surface area (Å²) in [5, 5.41) is 0. The highest BCUT2D eigenvalue weighted by Gasteiger charge is 2.13. The van der Waals surface area contributed by atoms with Gasteiger partial charge in [0.1, 0.15) is 17.3 Å². The molecule has 0 unspecified atom stereocenters. The van der Waals surface area contributed by atoms with E-state index >= 15 is 0 Å². The van der Waals surface area contributed by atoms with Crippen LogP contribution in [0.5, 0.6) is 11.6 Å². The Morgan fingerprint density at radius 3 is 2.48 bits per heavy atom. The monoisotopic (exact) mass is 302 g/mol. The summed E-state index contributed by atoms with van der Waals surface area (Å²) in [6.07, 6.45) is 0. The quantitative estimate of drug-likeness (QED) is 0.861. The first-order valence-corrected chi connectivity index (χ1v) is 6.96. The molecule has 2 aromatic rings. The van der Waals surface area contributed by atoms with Gasteiger partial charge in [0, 0.05) is 5.69 Å². The molecule has 4 nitrogen and oxygen atoms in total. The Bertz CT molecular complexity index is 654. The molecule has 2 rings (SSSR count). The van der Waals surface area contributed by atoms with E-state index in [1.165, 1.54) is 0 Å². The molecule has 0 fully saturated rings. The maximum Gasteiger partial charge on any atom is 0.224 e. The molecule has 0 saturated carbocycles.